The second-order valence-corrected chi connectivity index (χ2v) is 5.55. The van der Waals surface area contributed by atoms with Gasteiger partial charge in [0.15, 0.2) is 0 Å². The molecule has 0 bridgehead atoms. The molecule has 0 aromatic carbocycles. The highest BCUT2D eigenvalue weighted by atomic mass is 16.3. The number of hydrogen-bond donors (Lipinski definition) is 3. The molecule has 0 spiro atoms. The van der Waals surface area contributed by atoms with Gasteiger partial charge in [-0.3, -0.25) is 4.79 Å². The van der Waals surface area contributed by atoms with Gasteiger partial charge in [0, 0.05) is 23.5 Å². The summed E-state index contributed by atoms with van der Waals surface area (Å²) in [5.74, 6) is 1.50. The zero-order chi connectivity index (χ0) is 16.1. The Bertz CT molecular complexity index is 665. The lowest BCUT2D eigenvalue weighted by atomic mass is 10.1. The van der Waals surface area contributed by atoms with Gasteiger partial charge >= 0.3 is 0 Å². The molecule has 3 N–H and O–H groups in total. The quantitative estimate of drug-likeness (QED) is 0.757. The summed E-state index contributed by atoms with van der Waals surface area (Å²) < 4.78 is 0. The van der Waals surface area contributed by atoms with Gasteiger partial charge in [-0.05, 0) is 24.5 Å². The van der Waals surface area contributed by atoms with Crippen LogP contribution in [0.4, 0.5) is 5.82 Å². The van der Waals surface area contributed by atoms with Gasteiger partial charge < -0.3 is 15.4 Å². The van der Waals surface area contributed by atoms with Gasteiger partial charge in [-0.1, -0.05) is 20.8 Å². The summed E-state index contributed by atoms with van der Waals surface area (Å²) in [7, 11) is 0. The molecule has 0 saturated heterocycles. The molecule has 0 unspecified atom stereocenters. The van der Waals surface area contributed by atoms with Crippen LogP contribution >= 0.6 is 0 Å². The fourth-order valence-corrected chi connectivity index (χ4v) is 2.06. The van der Waals surface area contributed by atoms with Crippen LogP contribution in [-0.2, 0) is 6.42 Å². The number of pyridine rings is 1. The van der Waals surface area contributed by atoms with Crippen molar-refractivity contribution in [3.05, 3.63) is 40.4 Å². The lowest BCUT2D eigenvalue weighted by Gasteiger charge is -2.20. The molecule has 2 aromatic rings. The lowest BCUT2D eigenvalue weighted by molar-refractivity contribution is 0.249. The van der Waals surface area contributed by atoms with Gasteiger partial charge in [-0.25, -0.2) is 9.97 Å². The number of aromatic nitrogens is 3. The summed E-state index contributed by atoms with van der Waals surface area (Å²) in [4.78, 5) is 23.1. The first-order valence-electron chi connectivity index (χ1n) is 7.47. The van der Waals surface area contributed by atoms with Gasteiger partial charge in [0.1, 0.15) is 11.6 Å². The molecule has 6 heteroatoms. The molecule has 0 fully saturated rings. The highest BCUT2D eigenvalue weighted by Gasteiger charge is 2.12. The second kappa shape index (κ2) is 7.17. The van der Waals surface area contributed by atoms with Gasteiger partial charge in [0.25, 0.3) is 5.56 Å². The predicted octanol–water partition coefficient (Wildman–Crippen LogP) is 1.82. The molecule has 1 atom stereocenters. The Morgan fingerprint density at radius 3 is 2.68 bits per heavy atom. The van der Waals surface area contributed by atoms with Crippen molar-refractivity contribution >= 4 is 5.82 Å². The average molecular weight is 302 g/mol. The normalized spacial score (nSPS) is 12.4. The van der Waals surface area contributed by atoms with Crippen LogP contribution in [0.15, 0.2) is 29.2 Å². The average Bonchev–Trinajstić information content (AvgIpc) is 2.52. The van der Waals surface area contributed by atoms with Crippen LogP contribution in [0, 0.1) is 5.92 Å². The molecule has 118 valence electrons. The van der Waals surface area contributed by atoms with Crippen molar-refractivity contribution in [2.45, 2.75) is 33.2 Å². The summed E-state index contributed by atoms with van der Waals surface area (Å²) in [5.41, 5.74) is 1.34. The van der Waals surface area contributed by atoms with E-state index in [1.54, 1.807) is 6.20 Å². The maximum Gasteiger partial charge on any atom is 0.251 e. The third-order valence-electron chi connectivity index (χ3n) is 3.53. The summed E-state index contributed by atoms with van der Waals surface area (Å²) in [6, 6.07) is 5.13. The first-order valence-corrected chi connectivity index (χ1v) is 7.47. The third kappa shape index (κ3) is 3.92. The van der Waals surface area contributed by atoms with E-state index in [-0.39, 0.29) is 18.2 Å². The summed E-state index contributed by atoms with van der Waals surface area (Å²) in [6.07, 6.45) is 2.37. The predicted molar refractivity (Wildman–Crippen MR) is 86.8 cm³/mol. The van der Waals surface area contributed by atoms with Crippen LogP contribution in [0.5, 0.6) is 0 Å². The number of aryl methyl sites for hydroxylation is 1. The van der Waals surface area contributed by atoms with E-state index < -0.39 is 0 Å². The monoisotopic (exact) mass is 302 g/mol. The smallest absolute Gasteiger partial charge is 0.251 e. The Balaban J connectivity index is 2.22. The molecular formula is C16H22N4O2. The summed E-state index contributed by atoms with van der Waals surface area (Å²) >= 11 is 0. The minimum atomic E-state index is -0.163. The Morgan fingerprint density at radius 2 is 2.14 bits per heavy atom. The third-order valence-corrected chi connectivity index (χ3v) is 3.53. The lowest BCUT2D eigenvalue weighted by Crippen LogP contribution is -2.29. The van der Waals surface area contributed by atoms with E-state index in [0.717, 1.165) is 11.3 Å². The maximum absolute atomic E-state index is 11.6. The molecule has 0 aliphatic rings. The van der Waals surface area contributed by atoms with Crippen molar-refractivity contribution in [1.82, 2.24) is 15.0 Å². The van der Waals surface area contributed by atoms with E-state index in [2.05, 4.69) is 20.3 Å². The minimum Gasteiger partial charge on any atom is -0.394 e. The number of hydrogen-bond acceptors (Lipinski definition) is 5. The number of anilines is 1. The van der Waals surface area contributed by atoms with Crippen LogP contribution in [0.1, 0.15) is 26.5 Å². The molecular weight excluding hydrogens is 280 g/mol. The number of H-pyrrole nitrogens is 1. The van der Waals surface area contributed by atoms with Crippen molar-refractivity contribution < 1.29 is 5.11 Å². The van der Waals surface area contributed by atoms with Crippen molar-refractivity contribution in [3.8, 4) is 11.4 Å². The number of nitrogens with zero attached hydrogens (tertiary/aromatic N) is 2. The fraction of sp³-hybridized carbons (Fsp3) is 0.438. The maximum atomic E-state index is 11.6. The van der Waals surface area contributed by atoms with Crippen molar-refractivity contribution in [2.24, 2.45) is 5.92 Å². The zero-order valence-corrected chi connectivity index (χ0v) is 13.1. The Labute approximate surface area is 129 Å². The SMILES string of the molecule is CCc1cc(=O)[nH]c(-c2ccc(N[C@H](CO)C(C)C)nc2)n1. The first-order chi connectivity index (χ1) is 10.5. The van der Waals surface area contributed by atoms with E-state index in [1.807, 2.05) is 32.9 Å². The Morgan fingerprint density at radius 1 is 1.36 bits per heavy atom. The van der Waals surface area contributed by atoms with Crippen molar-refractivity contribution in [2.75, 3.05) is 11.9 Å². The number of aliphatic hydroxyl groups is 1. The first kappa shape index (κ1) is 16.2. The zero-order valence-electron chi connectivity index (χ0n) is 13.1. The van der Waals surface area contributed by atoms with Gasteiger partial charge in [-0.15, -0.1) is 0 Å². The molecule has 6 nitrogen and oxygen atoms in total. The Kier molecular flexibility index (Phi) is 5.27. The van der Waals surface area contributed by atoms with E-state index in [4.69, 9.17) is 0 Å². The molecule has 0 amide bonds. The standard InChI is InChI=1S/C16H22N4O2/c1-4-12-7-15(22)20-16(18-12)11-5-6-14(17-8-11)19-13(9-21)10(2)3/h5-8,10,13,21H,4,9H2,1-3H3,(H,17,19)(H,18,20,22)/t13-/m1/s1. The number of aromatic amines is 1. The van der Waals surface area contributed by atoms with E-state index >= 15 is 0 Å². The number of rotatable bonds is 6. The molecule has 22 heavy (non-hydrogen) atoms. The van der Waals surface area contributed by atoms with Gasteiger partial charge in [-0.2, -0.15) is 0 Å². The summed E-state index contributed by atoms with van der Waals surface area (Å²) in [6.45, 7) is 6.08. The number of aliphatic hydroxyl groups excluding tert-OH is 1. The van der Waals surface area contributed by atoms with Crippen LogP contribution in [0.2, 0.25) is 0 Å². The van der Waals surface area contributed by atoms with E-state index in [0.29, 0.717) is 24.0 Å². The summed E-state index contributed by atoms with van der Waals surface area (Å²) in [5, 5.41) is 12.5. The second-order valence-electron chi connectivity index (χ2n) is 5.55. The molecule has 0 aliphatic carbocycles. The van der Waals surface area contributed by atoms with Crippen LogP contribution in [0.3, 0.4) is 0 Å². The van der Waals surface area contributed by atoms with Crippen LogP contribution in [-0.4, -0.2) is 32.7 Å². The molecule has 0 aliphatic heterocycles. The van der Waals surface area contributed by atoms with Crippen LogP contribution < -0.4 is 10.9 Å². The van der Waals surface area contributed by atoms with Crippen LogP contribution in [0.25, 0.3) is 11.4 Å². The van der Waals surface area contributed by atoms with Crippen molar-refractivity contribution in [1.29, 1.82) is 0 Å². The molecule has 0 radical (unpaired) electrons. The van der Waals surface area contributed by atoms with Gasteiger partial charge in [0.05, 0.1) is 12.6 Å². The largest absolute Gasteiger partial charge is 0.394 e. The van der Waals surface area contributed by atoms with Gasteiger partial charge in [0.2, 0.25) is 0 Å². The highest BCUT2D eigenvalue weighted by molar-refractivity contribution is 5.56. The minimum absolute atomic E-state index is 0.0419. The fourth-order valence-electron chi connectivity index (χ4n) is 2.06. The number of nitrogens with one attached hydrogen (secondary N) is 2. The Hall–Kier alpha value is -2.21. The molecule has 2 heterocycles. The molecule has 2 rings (SSSR count). The molecule has 0 saturated carbocycles. The molecule has 2 aromatic heterocycles. The highest BCUT2D eigenvalue weighted by Crippen LogP contribution is 2.16. The topological polar surface area (TPSA) is 90.9 Å². The van der Waals surface area contributed by atoms with E-state index in [9.17, 15) is 9.90 Å². The van der Waals surface area contributed by atoms with Crippen molar-refractivity contribution in [3.63, 3.8) is 0 Å². The van der Waals surface area contributed by atoms with E-state index in [1.165, 1.54) is 6.07 Å².